The minimum atomic E-state index is -0.983. The molecule has 9 heteroatoms. The highest BCUT2D eigenvalue weighted by atomic mass is 19.1. The second kappa shape index (κ2) is 7.98. The van der Waals surface area contributed by atoms with Crippen LogP contribution in [-0.2, 0) is 23.0 Å². The van der Waals surface area contributed by atoms with Crippen molar-refractivity contribution in [1.82, 2.24) is 15.2 Å². The number of aryl methyl sites for hydroxylation is 1. The van der Waals surface area contributed by atoms with E-state index in [-0.39, 0.29) is 6.42 Å². The van der Waals surface area contributed by atoms with Crippen LogP contribution in [-0.4, -0.2) is 42.3 Å². The van der Waals surface area contributed by atoms with Crippen molar-refractivity contribution < 1.29 is 18.3 Å². The molecular formula is C22H21FN4O4. The van der Waals surface area contributed by atoms with Crippen molar-refractivity contribution in [2.45, 2.75) is 18.1 Å². The summed E-state index contributed by atoms with van der Waals surface area (Å²) in [4.78, 5) is 24.1. The number of aromatic nitrogens is 1. The fourth-order valence-electron chi connectivity index (χ4n) is 3.59. The Morgan fingerprint density at radius 1 is 1.35 bits per heavy atom. The Labute approximate surface area is 177 Å². The molecule has 0 saturated carbocycles. The molecule has 0 aliphatic carbocycles. The molecule has 1 aliphatic heterocycles. The predicted molar refractivity (Wildman–Crippen MR) is 111 cm³/mol. The third-order valence-electron chi connectivity index (χ3n) is 5.69. The first kappa shape index (κ1) is 20.8. The van der Waals surface area contributed by atoms with Gasteiger partial charge in [-0.25, -0.2) is 9.18 Å². The van der Waals surface area contributed by atoms with Gasteiger partial charge in [0.25, 0.3) is 5.91 Å². The number of halogens is 1. The monoisotopic (exact) mass is 424 g/mol. The van der Waals surface area contributed by atoms with Crippen LogP contribution in [0.15, 0.2) is 45.6 Å². The summed E-state index contributed by atoms with van der Waals surface area (Å²) in [7, 11) is 3.05. The Hall–Kier alpha value is -3.48. The number of ether oxygens (including phenoxy) is 1. The maximum absolute atomic E-state index is 14.8. The molecule has 1 fully saturated rings. The number of carbonyl (C=O) groups is 1. The van der Waals surface area contributed by atoms with Crippen molar-refractivity contribution in [2.24, 2.45) is 7.05 Å². The number of carbonyl (C=O) groups excluding carboxylic acids is 1. The lowest BCUT2D eigenvalue weighted by Gasteiger charge is -2.39. The summed E-state index contributed by atoms with van der Waals surface area (Å²) in [5.41, 5.74) is 1.73. The van der Waals surface area contributed by atoms with Crippen LogP contribution in [0.1, 0.15) is 5.56 Å². The molecule has 1 unspecified atom stereocenters. The molecular weight excluding hydrogens is 403 g/mol. The van der Waals surface area contributed by atoms with Crippen molar-refractivity contribution >= 4 is 17.0 Å². The first-order valence-electron chi connectivity index (χ1n) is 9.72. The first-order valence-corrected chi connectivity index (χ1v) is 9.72. The number of amides is 1. The van der Waals surface area contributed by atoms with E-state index in [1.54, 1.807) is 37.4 Å². The van der Waals surface area contributed by atoms with E-state index in [0.717, 1.165) is 5.56 Å². The first-order chi connectivity index (χ1) is 14.9. The van der Waals surface area contributed by atoms with Crippen LogP contribution in [0.2, 0.25) is 0 Å². The highest BCUT2D eigenvalue weighted by Crippen LogP contribution is 2.26. The molecule has 160 valence electrons. The van der Waals surface area contributed by atoms with E-state index in [2.05, 4.69) is 10.6 Å². The van der Waals surface area contributed by atoms with E-state index in [0.29, 0.717) is 35.3 Å². The van der Waals surface area contributed by atoms with Crippen LogP contribution in [0.4, 0.5) is 4.39 Å². The van der Waals surface area contributed by atoms with Gasteiger partial charge in [-0.15, -0.1) is 0 Å². The third-order valence-corrected chi connectivity index (χ3v) is 5.69. The number of oxazole rings is 1. The number of methoxy groups -OCH3 is 1. The quantitative estimate of drug-likeness (QED) is 0.620. The van der Waals surface area contributed by atoms with Gasteiger partial charge < -0.3 is 19.8 Å². The van der Waals surface area contributed by atoms with Gasteiger partial charge in [0.15, 0.2) is 11.2 Å². The second-order valence-corrected chi connectivity index (χ2v) is 7.58. The third kappa shape index (κ3) is 3.71. The average Bonchev–Trinajstić information content (AvgIpc) is 3.01. The van der Waals surface area contributed by atoms with Gasteiger partial charge in [0.2, 0.25) is 0 Å². The largest absolute Gasteiger partial charge is 0.419 e. The minimum Gasteiger partial charge on any atom is -0.408 e. The van der Waals surface area contributed by atoms with E-state index in [1.165, 1.54) is 17.7 Å². The normalized spacial score (nSPS) is 15.8. The molecule has 31 heavy (non-hydrogen) atoms. The Balaban J connectivity index is 1.53. The molecule has 2 aromatic carbocycles. The summed E-state index contributed by atoms with van der Waals surface area (Å²) in [6.45, 7) is 0.728. The van der Waals surface area contributed by atoms with Gasteiger partial charge >= 0.3 is 5.76 Å². The lowest BCUT2D eigenvalue weighted by atomic mass is 9.94. The molecule has 1 saturated heterocycles. The summed E-state index contributed by atoms with van der Waals surface area (Å²) in [6.07, 6.45) is 0.0246. The van der Waals surface area contributed by atoms with Gasteiger partial charge in [-0.3, -0.25) is 9.36 Å². The minimum absolute atomic E-state index is 0.0246. The van der Waals surface area contributed by atoms with Gasteiger partial charge in [-0.2, -0.15) is 5.26 Å². The second-order valence-electron chi connectivity index (χ2n) is 7.58. The molecule has 3 aromatic rings. The average molecular weight is 424 g/mol. The molecule has 1 aromatic heterocycles. The summed E-state index contributed by atoms with van der Waals surface area (Å²) in [5, 5.41) is 15.0. The highest BCUT2D eigenvalue weighted by Gasteiger charge is 2.45. The lowest BCUT2D eigenvalue weighted by Crippen LogP contribution is -2.69. The molecule has 0 spiro atoms. The van der Waals surface area contributed by atoms with Crippen molar-refractivity contribution in [3.63, 3.8) is 0 Å². The molecule has 1 atom stereocenters. The van der Waals surface area contributed by atoms with E-state index >= 15 is 0 Å². The summed E-state index contributed by atoms with van der Waals surface area (Å²) in [6, 6.07) is 11.0. The molecule has 0 radical (unpaired) electrons. The Bertz CT molecular complexity index is 1250. The van der Waals surface area contributed by atoms with E-state index in [9.17, 15) is 19.2 Å². The SMILES string of the molecule is COC1(C(=O)NC(C#N)Cc2ccc(-c3ccc4oc(=O)n(C)c4c3)cc2F)CNC1. The van der Waals surface area contributed by atoms with Crippen molar-refractivity contribution in [1.29, 1.82) is 5.26 Å². The summed E-state index contributed by atoms with van der Waals surface area (Å²) >= 11 is 0. The number of nitrogens with zero attached hydrogens (tertiary/aromatic N) is 2. The number of benzene rings is 2. The zero-order chi connectivity index (χ0) is 22.2. The molecule has 2 N–H and O–H groups in total. The topological polar surface area (TPSA) is 109 Å². The lowest BCUT2D eigenvalue weighted by molar-refractivity contribution is -0.150. The number of hydrogen-bond donors (Lipinski definition) is 2. The number of hydrogen-bond acceptors (Lipinski definition) is 6. The standard InChI is InChI=1S/C22H21FN4O4/c1-27-18-9-14(5-6-19(18)31-21(27)29)13-3-4-15(17(23)8-13)7-16(10-24)26-20(28)22(30-2)11-25-12-22/h3-6,8-9,16,25H,7,11-12H2,1-2H3,(H,26,28). The van der Waals surface area contributed by atoms with Gasteiger partial charge in [-0.05, 0) is 34.9 Å². The molecule has 1 amide bonds. The predicted octanol–water partition coefficient (Wildman–Crippen LogP) is 1.48. The van der Waals surface area contributed by atoms with E-state index in [1.807, 2.05) is 6.07 Å². The van der Waals surface area contributed by atoms with Crippen LogP contribution in [0.25, 0.3) is 22.2 Å². The van der Waals surface area contributed by atoms with E-state index < -0.39 is 29.1 Å². The Morgan fingerprint density at radius 3 is 2.68 bits per heavy atom. The van der Waals surface area contributed by atoms with Crippen molar-refractivity contribution in [3.05, 3.63) is 58.3 Å². The molecule has 0 bridgehead atoms. The fourth-order valence-corrected chi connectivity index (χ4v) is 3.59. The number of nitriles is 1. The van der Waals surface area contributed by atoms with Gasteiger partial charge in [0.1, 0.15) is 11.9 Å². The van der Waals surface area contributed by atoms with Crippen molar-refractivity contribution in [2.75, 3.05) is 20.2 Å². The molecule has 1 aliphatic rings. The maximum atomic E-state index is 14.8. The fraction of sp³-hybridized carbons (Fsp3) is 0.318. The Morgan fingerprint density at radius 2 is 2.06 bits per heavy atom. The molecule has 4 rings (SSSR count). The Kier molecular flexibility index (Phi) is 5.35. The van der Waals surface area contributed by atoms with Crippen LogP contribution in [0.3, 0.4) is 0 Å². The number of rotatable bonds is 6. The molecule has 8 nitrogen and oxygen atoms in total. The van der Waals surface area contributed by atoms with Gasteiger partial charge in [-0.1, -0.05) is 18.2 Å². The van der Waals surface area contributed by atoms with Crippen LogP contribution in [0, 0.1) is 17.1 Å². The van der Waals surface area contributed by atoms with Crippen LogP contribution >= 0.6 is 0 Å². The van der Waals surface area contributed by atoms with E-state index in [4.69, 9.17) is 9.15 Å². The maximum Gasteiger partial charge on any atom is 0.419 e. The van der Waals surface area contributed by atoms with Gasteiger partial charge in [0.05, 0.1) is 11.6 Å². The number of fused-ring (bicyclic) bond motifs is 1. The van der Waals surface area contributed by atoms with Gasteiger partial charge in [0, 0.05) is 33.7 Å². The zero-order valence-electron chi connectivity index (χ0n) is 17.1. The summed E-state index contributed by atoms with van der Waals surface area (Å²) in [5.74, 6) is -1.34. The van der Waals surface area contributed by atoms with Crippen LogP contribution in [0.5, 0.6) is 0 Å². The van der Waals surface area contributed by atoms with Crippen LogP contribution < -0.4 is 16.4 Å². The molecule has 2 heterocycles. The highest BCUT2D eigenvalue weighted by molar-refractivity contribution is 5.87. The van der Waals surface area contributed by atoms with Crippen molar-refractivity contribution in [3.8, 4) is 17.2 Å². The number of nitrogens with one attached hydrogen (secondary N) is 2. The smallest absolute Gasteiger partial charge is 0.408 e. The zero-order valence-corrected chi connectivity index (χ0v) is 17.1. The summed E-state index contributed by atoms with van der Waals surface area (Å²) < 4.78 is 26.6.